The number of benzene rings is 2. The molecule has 1 unspecified atom stereocenters. The Hall–Kier alpha value is -3.68. The predicted octanol–water partition coefficient (Wildman–Crippen LogP) is 4.33. The topological polar surface area (TPSA) is 71.6 Å². The first-order valence-corrected chi connectivity index (χ1v) is 13.5. The predicted molar refractivity (Wildman–Crippen MR) is 142 cm³/mol. The van der Waals surface area contributed by atoms with Crippen molar-refractivity contribution in [1.82, 2.24) is 14.7 Å². The van der Waals surface area contributed by atoms with Crippen LogP contribution >= 0.6 is 0 Å². The highest BCUT2D eigenvalue weighted by Gasteiger charge is 2.55. The molecule has 2 aromatic carbocycles. The average Bonchev–Trinajstić information content (AvgIpc) is 3.40. The summed E-state index contributed by atoms with van der Waals surface area (Å²) in [6.07, 6.45) is 3.77. The number of likely N-dealkylation sites (N-methyl/N-ethyl adjacent to an activating group) is 1. The van der Waals surface area contributed by atoms with E-state index in [1.54, 1.807) is 14.2 Å². The standard InChI is InChI=1S/C30H35N3O5/c1-5-33-29(35)32-18-21-15-22(36-3)17-24(37-4)27(21)19(2)14-26(32)30(33)10-12-31(13-11-30)28(34)25-16-20-8-6-7-9-23(20)38-25/h6-9,14-15,17,19,25H,5,10-13,16,18H2,1-4H3/t19-,25?/m0/s1. The number of allylic oxidation sites excluding steroid dienone is 1. The van der Waals surface area contributed by atoms with Gasteiger partial charge in [-0.05, 0) is 43.0 Å². The first kappa shape index (κ1) is 24.6. The summed E-state index contributed by atoms with van der Waals surface area (Å²) in [5.74, 6) is 2.38. The molecule has 2 fully saturated rings. The summed E-state index contributed by atoms with van der Waals surface area (Å²) in [4.78, 5) is 33.1. The molecule has 4 heterocycles. The smallest absolute Gasteiger partial charge is 0.325 e. The number of fused-ring (bicyclic) bond motifs is 4. The van der Waals surface area contributed by atoms with Gasteiger partial charge in [0.15, 0.2) is 6.10 Å². The lowest BCUT2D eigenvalue weighted by atomic mass is 9.82. The van der Waals surface area contributed by atoms with Crippen LogP contribution in [0.25, 0.3) is 0 Å². The van der Waals surface area contributed by atoms with E-state index in [0.29, 0.717) is 51.2 Å². The molecule has 0 radical (unpaired) electrons. The second kappa shape index (κ2) is 9.26. The van der Waals surface area contributed by atoms with Gasteiger partial charge in [0.2, 0.25) is 0 Å². The first-order valence-electron chi connectivity index (χ1n) is 13.5. The van der Waals surface area contributed by atoms with Crippen molar-refractivity contribution >= 4 is 11.9 Å². The summed E-state index contributed by atoms with van der Waals surface area (Å²) in [6, 6.07) is 11.8. The molecule has 2 aromatic rings. The van der Waals surface area contributed by atoms with E-state index in [4.69, 9.17) is 14.2 Å². The van der Waals surface area contributed by atoms with E-state index in [2.05, 4.69) is 13.0 Å². The second-order valence-corrected chi connectivity index (χ2v) is 10.6. The molecular weight excluding hydrogens is 482 g/mol. The van der Waals surface area contributed by atoms with Crippen LogP contribution in [0.2, 0.25) is 0 Å². The molecule has 1 spiro atoms. The molecule has 6 rings (SSSR count). The molecule has 2 atom stereocenters. The van der Waals surface area contributed by atoms with Crippen LogP contribution in [0.15, 0.2) is 48.2 Å². The highest BCUT2D eigenvalue weighted by molar-refractivity contribution is 5.85. The Balaban J connectivity index is 1.28. The van der Waals surface area contributed by atoms with E-state index >= 15 is 0 Å². The highest BCUT2D eigenvalue weighted by Crippen LogP contribution is 2.49. The zero-order chi connectivity index (χ0) is 26.6. The molecule has 4 aliphatic heterocycles. The van der Waals surface area contributed by atoms with Crippen molar-refractivity contribution in [3.05, 3.63) is 64.9 Å². The number of carbonyl (C=O) groups is 2. The number of carbonyl (C=O) groups excluding carboxylic acids is 2. The molecule has 0 saturated carbocycles. The maximum atomic E-state index is 13.8. The van der Waals surface area contributed by atoms with Crippen LogP contribution in [0.4, 0.5) is 4.79 Å². The van der Waals surface area contributed by atoms with Gasteiger partial charge in [-0.15, -0.1) is 0 Å². The van der Waals surface area contributed by atoms with Gasteiger partial charge in [-0.1, -0.05) is 31.2 Å². The maximum absolute atomic E-state index is 13.8. The summed E-state index contributed by atoms with van der Waals surface area (Å²) in [5.41, 5.74) is 3.82. The molecule has 8 nitrogen and oxygen atoms in total. The van der Waals surface area contributed by atoms with E-state index < -0.39 is 11.6 Å². The Bertz CT molecular complexity index is 1290. The first-order chi connectivity index (χ1) is 18.4. The molecular formula is C30H35N3O5. The van der Waals surface area contributed by atoms with E-state index in [0.717, 1.165) is 33.9 Å². The van der Waals surface area contributed by atoms with E-state index in [9.17, 15) is 9.59 Å². The average molecular weight is 518 g/mol. The normalized spacial score (nSPS) is 23.3. The maximum Gasteiger partial charge on any atom is 0.325 e. The molecule has 4 aliphatic rings. The number of piperidine rings is 1. The summed E-state index contributed by atoms with van der Waals surface area (Å²) in [6.45, 7) is 6.45. The second-order valence-electron chi connectivity index (χ2n) is 10.6. The van der Waals surface area contributed by atoms with Crippen LogP contribution < -0.4 is 14.2 Å². The van der Waals surface area contributed by atoms with Crippen molar-refractivity contribution in [3.8, 4) is 17.2 Å². The van der Waals surface area contributed by atoms with Crippen LogP contribution in [-0.2, 0) is 17.8 Å². The van der Waals surface area contributed by atoms with Gasteiger partial charge in [0.05, 0.1) is 26.3 Å². The summed E-state index contributed by atoms with van der Waals surface area (Å²) < 4.78 is 17.3. The lowest BCUT2D eigenvalue weighted by Gasteiger charge is -2.44. The Morgan fingerprint density at radius 1 is 1.11 bits per heavy atom. The number of amides is 3. The van der Waals surface area contributed by atoms with Crippen LogP contribution in [0, 0.1) is 0 Å². The van der Waals surface area contributed by atoms with Gasteiger partial charge in [0.1, 0.15) is 17.2 Å². The minimum absolute atomic E-state index is 0.0231. The van der Waals surface area contributed by atoms with Crippen molar-refractivity contribution in [2.75, 3.05) is 33.9 Å². The molecule has 0 aromatic heterocycles. The monoisotopic (exact) mass is 517 g/mol. The van der Waals surface area contributed by atoms with Gasteiger partial charge >= 0.3 is 6.03 Å². The van der Waals surface area contributed by atoms with Crippen LogP contribution in [0.5, 0.6) is 17.2 Å². The molecule has 0 bridgehead atoms. The Morgan fingerprint density at radius 3 is 2.55 bits per heavy atom. The lowest BCUT2D eigenvalue weighted by molar-refractivity contribution is -0.140. The summed E-state index contributed by atoms with van der Waals surface area (Å²) in [7, 11) is 3.32. The number of urea groups is 1. The van der Waals surface area contributed by atoms with E-state index in [-0.39, 0.29) is 17.9 Å². The number of rotatable bonds is 4. The van der Waals surface area contributed by atoms with E-state index in [1.165, 1.54) is 0 Å². The SMILES string of the molecule is CCN1C(=O)N2Cc3cc(OC)cc(OC)c3[C@@H](C)C=C2C12CCN(C(=O)C1Cc3ccccc3O1)CC2. The van der Waals surface area contributed by atoms with Crippen LogP contribution in [0.3, 0.4) is 0 Å². The van der Waals surface area contributed by atoms with Gasteiger partial charge < -0.3 is 24.0 Å². The third-order valence-corrected chi connectivity index (χ3v) is 8.74. The number of hydrogen-bond acceptors (Lipinski definition) is 5. The fourth-order valence-corrected chi connectivity index (χ4v) is 6.88. The van der Waals surface area contributed by atoms with E-state index in [1.807, 2.05) is 58.0 Å². The van der Waals surface area contributed by atoms with Crippen molar-refractivity contribution < 1.29 is 23.8 Å². The minimum atomic E-state index is -0.473. The third kappa shape index (κ3) is 3.64. The Morgan fingerprint density at radius 2 is 1.87 bits per heavy atom. The highest BCUT2D eigenvalue weighted by atomic mass is 16.5. The Kier molecular flexibility index (Phi) is 6.00. The van der Waals surface area contributed by atoms with Gasteiger partial charge in [-0.25, -0.2) is 4.79 Å². The number of para-hydroxylation sites is 1. The van der Waals surface area contributed by atoms with Crippen molar-refractivity contribution in [3.63, 3.8) is 0 Å². The largest absolute Gasteiger partial charge is 0.497 e. The molecule has 2 saturated heterocycles. The Labute approximate surface area is 223 Å². The molecule has 38 heavy (non-hydrogen) atoms. The fourth-order valence-electron chi connectivity index (χ4n) is 6.88. The molecule has 3 amide bonds. The summed E-state index contributed by atoms with van der Waals surface area (Å²) >= 11 is 0. The quantitative estimate of drug-likeness (QED) is 0.604. The third-order valence-electron chi connectivity index (χ3n) is 8.74. The lowest BCUT2D eigenvalue weighted by Crippen LogP contribution is -2.56. The number of hydrogen-bond donors (Lipinski definition) is 0. The van der Waals surface area contributed by atoms with Crippen molar-refractivity contribution in [2.45, 2.75) is 57.2 Å². The number of methoxy groups -OCH3 is 2. The van der Waals surface area contributed by atoms with Crippen molar-refractivity contribution in [1.29, 1.82) is 0 Å². The fraction of sp³-hybridized carbons (Fsp3) is 0.467. The molecule has 0 aliphatic carbocycles. The summed E-state index contributed by atoms with van der Waals surface area (Å²) in [5, 5.41) is 0. The number of nitrogens with zero attached hydrogens (tertiary/aromatic N) is 3. The molecule has 200 valence electrons. The van der Waals surface area contributed by atoms with Gasteiger partial charge in [0, 0.05) is 49.3 Å². The number of ether oxygens (including phenoxy) is 3. The van der Waals surface area contributed by atoms with Crippen LogP contribution in [-0.4, -0.2) is 72.1 Å². The van der Waals surface area contributed by atoms with Gasteiger partial charge in [-0.2, -0.15) is 0 Å². The zero-order valence-electron chi connectivity index (χ0n) is 22.5. The van der Waals surface area contributed by atoms with Crippen molar-refractivity contribution in [2.24, 2.45) is 0 Å². The van der Waals surface area contributed by atoms with Gasteiger partial charge in [0.25, 0.3) is 5.91 Å². The van der Waals surface area contributed by atoms with Gasteiger partial charge in [-0.3, -0.25) is 9.69 Å². The minimum Gasteiger partial charge on any atom is -0.497 e. The zero-order valence-corrected chi connectivity index (χ0v) is 22.5. The number of likely N-dealkylation sites (tertiary alicyclic amines) is 1. The van der Waals surface area contributed by atoms with Crippen LogP contribution in [0.1, 0.15) is 49.3 Å². The molecule has 0 N–H and O–H groups in total. The molecule has 8 heteroatoms.